The van der Waals surface area contributed by atoms with Crippen molar-refractivity contribution in [3.05, 3.63) is 64.0 Å². The molecule has 7 nitrogen and oxygen atoms in total. The van der Waals surface area contributed by atoms with Gasteiger partial charge < -0.3 is 13.6 Å². The average Bonchev–Trinajstić information content (AvgIpc) is 3.18. The molecule has 0 saturated carbocycles. The standard InChI is InChI=1S/C24H26N4O3/c1-16-14-28-15-21(26-23(28)17(2)25-16)20-13-19-6-5-18(12-22(19)31-24(20)29)4-3-7-27-8-10-30-11-9-27/h5-6,12-15H,3-4,7-11H2,1-2H3. The maximum absolute atomic E-state index is 12.7. The summed E-state index contributed by atoms with van der Waals surface area (Å²) in [4.78, 5) is 24.3. The summed E-state index contributed by atoms with van der Waals surface area (Å²) in [6.45, 7) is 8.58. The van der Waals surface area contributed by atoms with Crippen LogP contribution < -0.4 is 5.63 Å². The lowest BCUT2D eigenvalue weighted by atomic mass is 10.1. The summed E-state index contributed by atoms with van der Waals surface area (Å²) in [5, 5.41) is 0.898. The molecule has 31 heavy (non-hydrogen) atoms. The van der Waals surface area contributed by atoms with Crippen LogP contribution in [0.15, 0.2) is 45.9 Å². The van der Waals surface area contributed by atoms with E-state index >= 15 is 0 Å². The minimum absolute atomic E-state index is 0.372. The van der Waals surface area contributed by atoms with Crippen molar-refractivity contribution in [3.8, 4) is 11.3 Å². The van der Waals surface area contributed by atoms with Crippen LogP contribution in [0.3, 0.4) is 0 Å². The van der Waals surface area contributed by atoms with Gasteiger partial charge in [-0.2, -0.15) is 0 Å². The van der Waals surface area contributed by atoms with Crippen LogP contribution in [-0.4, -0.2) is 52.1 Å². The van der Waals surface area contributed by atoms with Crippen LogP contribution in [0.2, 0.25) is 0 Å². The third kappa shape index (κ3) is 4.11. The van der Waals surface area contributed by atoms with Gasteiger partial charge in [0.15, 0.2) is 5.65 Å². The first-order valence-electron chi connectivity index (χ1n) is 10.8. The van der Waals surface area contributed by atoms with Gasteiger partial charge >= 0.3 is 5.63 Å². The van der Waals surface area contributed by atoms with E-state index in [0.717, 1.165) is 68.1 Å². The first-order valence-corrected chi connectivity index (χ1v) is 10.8. The molecular weight excluding hydrogens is 392 g/mol. The molecule has 0 aliphatic carbocycles. The van der Waals surface area contributed by atoms with E-state index in [1.807, 2.05) is 48.8 Å². The quantitative estimate of drug-likeness (QED) is 0.463. The number of rotatable bonds is 5. The average molecular weight is 418 g/mol. The van der Waals surface area contributed by atoms with Crippen molar-refractivity contribution < 1.29 is 9.15 Å². The molecule has 0 atom stereocenters. The molecule has 0 unspecified atom stereocenters. The molecule has 3 aromatic heterocycles. The Morgan fingerprint density at radius 3 is 2.74 bits per heavy atom. The summed E-state index contributed by atoms with van der Waals surface area (Å²) in [6, 6.07) is 8.00. The van der Waals surface area contributed by atoms with Gasteiger partial charge in [-0.25, -0.2) is 9.78 Å². The fraction of sp³-hybridized carbons (Fsp3) is 0.375. The Balaban J connectivity index is 1.39. The van der Waals surface area contributed by atoms with Crippen LogP contribution in [-0.2, 0) is 11.2 Å². The summed E-state index contributed by atoms with van der Waals surface area (Å²) in [7, 11) is 0. The van der Waals surface area contributed by atoms with Crippen LogP contribution in [0.1, 0.15) is 23.4 Å². The molecule has 0 spiro atoms. The Hall–Kier alpha value is -3.03. The molecule has 5 rings (SSSR count). The highest BCUT2D eigenvalue weighted by Crippen LogP contribution is 2.23. The van der Waals surface area contributed by atoms with E-state index in [0.29, 0.717) is 16.8 Å². The molecule has 1 fully saturated rings. The van der Waals surface area contributed by atoms with Gasteiger partial charge in [0.25, 0.3) is 0 Å². The Morgan fingerprint density at radius 2 is 1.90 bits per heavy atom. The zero-order valence-electron chi connectivity index (χ0n) is 17.9. The summed E-state index contributed by atoms with van der Waals surface area (Å²) < 4.78 is 13.0. The van der Waals surface area contributed by atoms with Crippen LogP contribution in [0, 0.1) is 13.8 Å². The Labute approximate surface area is 180 Å². The summed E-state index contributed by atoms with van der Waals surface area (Å²) in [5.74, 6) is 0. The highest BCUT2D eigenvalue weighted by Gasteiger charge is 2.14. The lowest BCUT2D eigenvalue weighted by Gasteiger charge is -2.26. The van der Waals surface area contributed by atoms with Crippen molar-refractivity contribution in [1.29, 1.82) is 0 Å². The molecule has 1 aromatic carbocycles. The van der Waals surface area contributed by atoms with E-state index in [1.165, 1.54) is 5.56 Å². The van der Waals surface area contributed by atoms with Crippen molar-refractivity contribution in [2.75, 3.05) is 32.8 Å². The Bertz CT molecular complexity index is 1300. The van der Waals surface area contributed by atoms with E-state index in [4.69, 9.17) is 9.15 Å². The van der Waals surface area contributed by atoms with Gasteiger partial charge in [-0.1, -0.05) is 12.1 Å². The molecule has 1 aliphatic heterocycles. The second kappa shape index (κ2) is 8.24. The predicted molar refractivity (Wildman–Crippen MR) is 120 cm³/mol. The van der Waals surface area contributed by atoms with Crippen molar-refractivity contribution in [1.82, 2.24) is 19.3 Å². The number of benzene rings is 1. The molecule has 1 aliphatic rings. The smallest absolute Gasteiger partial charge is 0.345 e. The summed E-state index contributed by atoms with van der Waals surface area (Å²) in [5.41, 5.74) is 4.98. The molecule has 7 heteroatoms. The monoisotopic (exact) mass is 418 g/mol. The molecule has 0 N–H and O–H groups in total. The fourth-order valence-corrected chi connectivity index (χ4v) is 4.26. The van der Waals surface area contributed by atoms with Crippen molar-refractivity contribution in [2.24, 2.45) is 0 Å². The van der Waals surface area contributed by atoms with Gasteiger partial charge in [-0.15, -0.1) is 0 Å². The van der Waals surface area contributed by atoms with Gasteiger partial charge in [-0.05, 0) is 50.9 Å². The van der Waals surface area contributed by atoms with Gasteiger partial charge in [0.2, 0.25) is 0 Å². The zero-order valence-corrected chi connectivity index (χ0v) is 17.9. The number of morpholine rings is 1. The maximum atomic E-state index is 12.7. The number of imidazole rings is 1. The lowest BCUT2D eigenvalue weighted by Crippen LogP contribution is -2.36. The van der Waals surface area contributed by atoms with E-state index in [1.54, 1.807) is 0 Å². The Morgan fingerprint density at radius 1 is 1.06 bits per heavy atom. The second-order valence-corrected chi connectivity index (χ2v) is 8.20. The molecule has 4 aromatic rings. The number of aryl methyl sites for hydroxylation is 3. The largest absolute Gasteiger partial charge is 0.422 e. The molecule has 4 heterocycles. The third-order valence-electron chi connectivity index (χ3n) is 5.85. The minimum Gasteiger partial charge on any atom is -0.422 e. The lowest BCUT2D eigenvalue weighted by molar-refractivity contribution is 0.0375. The molecular formula is C24H26N4O3. The first-order chi connectivity index (χ1) is 15.1. The number of hydrogen-bond acceptors (Lipinski definition) is 6. The van der Waals surface area contributed by atoms with Crippen molar-refractivity contribution in [3.63, 3.8) is 0 Å². The van der Waals surface area contributed by atoms with Crippen molar-refractivity contribution >= 4 is 16.6 Å². The minimum atomic E-state index is -0.372. The number of hydrogen-bond donors (Lipinski definition) is 0. The van der Waals surface area contributed by atoms with E-state index in [9.17, 15) is 4.79 Å². The maximum Gasteiger partial charge on any atom is 0.345 e. The SMILES string of the molecule is Cc1cn2cc(-c3cc4ccc(CCCN5CCOCC5)cc4oc3=O)nc2c(C)n1. The topological polar surface area (TPSA) is 72.9 Å². The van der Waals surface area contributed by atoms with Crippen LogP contribution in [0.4, 0.5) is 0 Å². The van der Waals surface area contributed by atoms with E-state index in [2.05, 4.69) is 20.9 Å². The van der Waals surface area contributed by atoms with Crippen LogP contribution in [0.25, 0.3) is 27.9 Å². The molecule has 1 saturated heterocycles. The molecule has 160 valence electrons. The predicted octanol–water partition coefficient (Wildman–Crippen LogP) is 3.38. The normalized spacial score (nSPS) is 15.2. The van der Waals surface area contributed by atoms with Gasteiger partial charge in [0, 0.05) is 30.9 Å². The van der Waals surface area contributed by atoms with Gasteiger partial charge in [-0.3, -0.25) is 9.88 Å². The highest BCUT2D eigenvalue weighted by atomic mass is 16.5. The van der Waals surface area contributed by atoms with Crippen LogP contribution >= 0.6 is 0 Å². The molecule has 0 bridgehead atoms. The third-order valence-corrected chi connectivity index (χ3v) is 5.85. The number of ether oxygens (including phenoxy) is 1. The first kappa shape index (κ1) is 19.9. The summed E-state index contributed by atoms with van der Waals surface area (Å²) in [6.07, 6.45) is 5.79. The molecule has 0 radical (unpaired) electrons. The summed E-state index contributed by atoms with van der Waals surface area (Å²) >= 11 is 0. The van der Waals surface area contributed by atoms with Crippen LogP contribution in [0.5, 0.6) is 0 Å². The highest BCUT2D eigenvalue weighted by molar-refractivity contribution is 5.81. The van der Waals surface area contributed by atoms with E-state index in [-0.39, 0.29) is 5.63 Å². The number of fused-ring (bicyclic) bond motifs is 2. The zero-order chi connectivity index (χ0) is 21.4. The number of aromatic nitrogens is 3. The number of nitrogens with zero attached hydrogens (tertiary/aromatic N) is 4. The van der Waals surface area contributed by atoms with Gasteiger partial charge in [0.05, 0.1) is 35.9 Å². The second-order valence-electron chi connectivity index (χ2n) is 8.20. The van der Waals surface area contributed by atoms with Crippen molar-refractivity contribution in [2.45, 2.75) is 26.7 Å². The van der Waals surface area contributed by atoms with Gasteiger partial charge in [0.1, 0.15) is 5.58 Å². The fourth-order valence-electron chi connectivity index (χ4n) is 4.26. The Kier molecular flexibility index (Phi) is 5.29. The van der Waals surface area contributed by atoms with E-state index < -0.39 is 0 Å². The molecule has 0 amide bonds.